The van der Waals surface area contributed by atoms with Gasteiger partial charge in [0, 0.05) is 5.56 Å². The molecule has 0 bridgehead atoms. The van der Waals surface area contributed by atoms with Crippen molar-refractivity contribution in [2.45, 2.75) is 6.92 Å². The van der Waals surface area contributed by atoms with Gasteiger partial charge in [-0.05, 0) is 37.3 Å². The first-order valence-electron chi connectivity index (χ1n) is 9.59. The fourth-order valence-corrected chi connectivity index (χ4v) is 3.28. The predicted molar refractivity (Wildman–Crippen MR) is 117 cm³/mol. The molecule has 0 aliphatic carbocycles. The normalized spacial score (nSPS) is 10.7. The molecule has 0 amide bonds. The Morgan fingerprint density at radius 3 is 2.32 bits per heavy atom. The summed E-state index contributed by atoms with van der Waals surface area (Å²) in [5, 5.41) is 0.342. The molecule has 0 radical (unpaired) electrons. The first-order chi connectivity index (χ1) is 15.0. The average Bonchev–Trinajstić information content (AvgIpc) is 2.81. The van der Waals surface area contributed by atoms with E-state index in [1.54, 1.807) is 36.4 Å². The first-order valence-corrected chi connectivity index (χ1v) is 9.59. The summed E-state index contributed by atoms with van der Waals surface area (Å²) < 4.78 is 22.1. The van der Waals surface area contributed by atoms with Gasteiger partial charge in [0.25, 0.3) is 0 Å². The second-order valence-electron chi connectivity index (χ2n) is 6.91. The van der Waals surface area contributed by atoms with Crippen LogP contribution in [0.25, 0.3) is 22.3 Å². The van der Waals surface area contributed by atoms with E-state index in [0.717, 1.165) is 5.56 Å². The van der Waals surface area contributed by atoms with Gasteiger partial charge in [-0.2, -0.15) is 0 Å². The van der Waals surface area contributed by atoms with Crippen LogP contribution in [0.5, 0.6) is 17.2 Å². The molecule has 0 saturated heterocycles. The van der Waals surface area contributed by atoms with Crippen LogP contribution in [0, 0.1) is 6.92 Å². The van der Waals surface area contributed by atoms with Crippen molar-refractivity contribution in [3.8, 4) is 28.6 Å². The number of aryl methyl sites for hydroxylation is 1. The van der Waals surface area contributed by atoms with Crippen LogP contribution in [0.2, 0.25) is 0 Å². The number of carbonyl (C=O) groups excluding carboxylic acids is 1. The number of methoxy groups -OCH3 is 2. The summed E-state index contributed by atoms with van der Waals surface area (Å²) in [6.45, 7) is 1.87. The number of hydrogen-bond donors (Lipinski definition) is 0. The van der Waals surface area contributed by atoms with Crippen LogP contribution in [0.15, 0.2) is 75.9 Å². The number of carbonyl (C=O) groups is 1. The maximum atomic E-state index is 13.3. The zero-order valence-electron chi connectivity index (χ0n) is 17.3. The third-order valence-electron chi connectivity index (χ3n) is 4.85. The van der Waals surface area contributed by atoms with Crippen molar-refractivity contribution in [2.75, 3.05) is 14.2 Å². The van der Waals surface area contributed by atoms with Crippen molar-refractivity contribution >= 4 is 16.9 Å². The Balaban J connectivity index is 1.85. The molecule has 6 heteroatoms. The zero-order chi connectivity index (χ0) is 22.0. The van der Waals surface area contributed by atoms with Crippen molar-refractivity contribution < 1.29 is 23.4 Å². The number of benzene rings is 3. The first kappa shape index (κ1) is 20.2. The lowest BCUT2D eigenvalue weighted by atomic mass is 10.1. The molecule has 0 unspecified atom stereocenters. The Morgan fingerprint density at radius 2 is 1.61 bits per heavy atom. The number of ether oxygens (including phenoxy) is 3. The molecule has 0 aliphatic rings. The highest BCUT2D eigenvalue weighted by atomic mass is 16.5. The minimum Gasteiger partial charge on any atom is -0.493 e. The van der Waals surface area contributed by atoms with Crippen LogP contribution in [0.4, 0.5) is 0 Å². The van der Waals surface area contributed by atoms with Crippen molar-refractivity contribution in [3.63, 3.8) is 0 Å². The van der Waals surface area contributed by atoms with E-state index in [4.69, 9.17) is 18.6 Å². The summed E-state index contributed by atoms with van der Waals surface area (Å²) in [6.07, 6.45) is 0. The average molecular weight is 416 g/mol. The molecule has 0 aliphatic heterocycles. The van der Waals surface area contributed by atoms with E-state index in [9.17, 15) is 9.59 Å². The highest BCUT2D eigenvalue weighted by molar-refractivity contribution is 5.93. The smallest absolute Gasteiger partial charge is 0.343 e. The van der Waals surface area contributed by atoms with Crippen molar-refractivity contribution in [1.82, 2.24) is 0 Å². The maximum absolute atomic E-state index is 13.3. The molecule has 0 fully saturated rings. The Hall–Kier alpha value is -4.06. The van der Waals surface area contributed by atoms with Gasteiger partial charge in [-0.25, -0.2) is 4.79 Å². The summed E-state index contributed by atoms with van der Waals surface area (Å²) in [5.41, 5.74) is 1.72. The summed E-state index contributed by atoms with van der Waals surface area (Å²) in [6, 6.07) is 19.0. The highest BCUT2D eigenvalue weighted by Gasteiger charge is 2.22. The quantitative estimate of drug-likeness (QED) is 0.426. The summed E-state index contributed by atoms with van der Waals surface area (Å²) in [4.78, 5) is 26.2. The standard InChI is InChI=1S/C25H20O6/c1-15-9-11-19-18(13-15)22(26)24(23(30-19)16-7-5-4-6-8-16)31-25(27)17-10-12-20(28-2)21(14-17)29-3/h4-14H,1-3H3. The SMILES string of the molecule is COc1ccc(C(=O)Oc2c(-c3ccccc3)oc3ccc(C)cc3c2=O)cc1OC. The molecule has 1 heterocycles. The van der Waals surface area contributed by atoms with Crippen LogP contribution >= 0.6 is 0 Å². The Labute approximate surface area is 178 Å². The predicted octanol–water partition coefficient (Wildman–Crippen LogP) is 5.00. The third kappa shape index (κ3) is 3.88. The van der Waals surface area contributed by atoms with Crippen LogP contribution in [0.1, 0.15) is 15.9 Å². The molecule has 0 atom stereocenters. The molecule has 4 aromatic rings. The van der Waals surface area contributed by atoms with E-state index in [-0.39, 0.29) is 17.1 Å². The van der Waals surface area contributed by atoms with Gasteiger partial charge in [0.2, 0.25) is 11.2 Å². The van der Waals surface area contributed by atoms with Gasteiger partial charge in [-0.15, -0.1) is 0 Å². The van der Waals surface area contributed by atoms with Crippen LogP contribution in [0.3, 0.4) is 0 Å². The molecule has 1 aromatic heterocycles. The van der Waals surface area contributed by atoms with E-state index in [0.29, 0.717) is 28.0 Å². The van der Waals surface area contributed by atoms with Crippen molar-refractivity contribution in [1.29, 1.82) is 0 Å². The second kappa shape index (κ2) is 8.36. The molecule has 0 spiro atoms. The number of hydrogen-bond acceptors (Lipinski definition) is 6. The summed E-state index contributed by atoms with van der Waals surface area (Å²) in [7, 11) is 2.98. The van der Waals surface area contributed by atoms with Gasteiger partial charge < -0.3 is 18.6 Å². The van der Waals surface area contributed by atoms with Crippen molar-refractivity contribution in [2.24, 2.45) is 0 Å². The number of fused-ring (bicyclic) bond motifs is 1. The fraction of sp³-hybridized carbons (Fsp3) is 0.120. The summed E-state index contributed by atoms with van der Waals surface area (Å²) in [5.74, 6) is 0.170. The largest absolute Gasteiger partial charge is 0.493 e. The Morgan fingerprint density at radius 1 is 0.871 bits per heavy atom. The minimum atomic E-state index is -0.711. The van der Waals surface area contributed by atoms with E-state index < -0.39 is 11.4 Å². The Bertz CT molecular complexity index is 1320. The molecule has 3 aromatic carbocycles. The van der Waals surface area contributed by atoms with E-state index in [1.807, 2.05) is 31.2 Å². The van der Waals surface area contributed by atoms with Crippen LogP contribution in [-0.2, 0) is 0 Å². The van der Waals surface area contributed by atoms with Gasteiger partial charge in [0.15, 0.2) is 17.3 Å². The van der Waals surface area contributed by atoms with Gasteiger partial charge in [0.05, 0.1) is 25.2 Å². The molecule has 0 N–H and O–H groups in total. The van der Waals surface area contributed by atoms with Gasteiger partial charge in [0.1, 0.15) is 5.58 Å². The lowest BCUT2D eigenvalue weighted by molar-refractivity contribution is 0.0731. The van der Waals surface area contributed by atoms with Crippen LogP contribution in [-0.4, -0.2) is 20.2 Å². The topological polar surface area (TPSA) is 75.0 Å². The molecule has 31 heavy (non-hydrogen) atoms. The minimum absolute atomic E-state index is 0.163. The molecular formula is C25H20O6. The lowest BCUT2D eigenvalue weighted by Crippen LogP contribution is -2.16. The Kier molecular flexibility index (Phi) is 5.45. The monoisotopic (exact) mass is 416 g/mol. The fourth-order valence-electron chi connectivity index (χ4n) is 3.28. The van der Waals surface area contributed by atoms with Gasteiger partial charge >= 0.3 is 5.97 Å². The number of esters is 1. The highest BCUT2D eigenvalue weighted by Crippen LogP contribution is 2.32. The van der Waals surface area contributed by atoms with Crippen molar-refractivity contribution in [3.05, 3.63) is 88.1 Å². The molecule has 6 nitrogen and oxygen atoms in total. The van der Waals surface area contributed by atoms with Gasteiger partial charge in [-0.1, -0.05) is 42.0 Å². The number of rotatable bonds is 5. The molecular weight excluding hydrogens is 396 g/mol. The second-order valence-corrected chi connectivity index (χ2v) is 6.91. The van der Waals surface area contributed by atoms with E-state index in [2.05, 4.69) is 0 Å². The molecule has 4 rings (SSSR count). The van der Waals surface area contributed by atoms with Crippen LogP contribution < -0.4 is 19.6 Å². The van der Waals surface area contributed by atoms with Gasteiger partial charge in [-0.3, -0.25) is 4.79 Å². The lowest BCUT2D eigenvalue weighted by Gasteiger charge is -2.12. The maximum Gasteiger partial charge on any atom is 0.343 e. The summed E-state index contributed by atoms with van der Waals surface area (Å²) >= 11 is 0. The third-order valence-corrected chi connectivity index (χ3v) is 4.85. The zero-order valence-corrected chi connectivity index (χ0v) is 17.3. The van der Waals surface area contributed by atoms with E-state index >= 15 is 0 Å². The molecule has 156 valence electrons. The molecule has 0 saturated carbocycles. The van der Waals surface area contributed by atoms with E-state index in [1.165, 1.54) is 20.3 Å².